The predicted octanol–water partition coefficient (Wildman–Crippen LogP) is 4.68. The number of para-hydroxylation sites is 1. The van der Waals surface area contributed by atoms with Gasteiger partial charge in [-0.3, -0.25) is 9.59 Å². The average molecular weight is 393 g/mol. The highest BCUT2D eigenvalue weighted by Crippen LogP contribution is 2.22. The van der Waals surface area contributed by atoms with E-state index in [4.69, 9.17) is 28.9 Å². The molecule has 4 nitrogen and oxygen atoms in total. The minimum Gasteiger partial charge on any atom is -0.398 e. The third-order valence-electron chi connectivity index (χ3n) is 4.04. The van der Waals surface area contributed by atoms with Crippen molar-refractivity contribution in [1.82, 2.24) is 5.32 Å². The smallest absolute Gasteiger partial charge is 0.251 e. The molecule has 0 atom stereocenters. The Hall–Kier alpha value is -2.04. The number of amides is 1. The fourth-order valence-corrected chi connectivity index (χ4v) is 2.86. The second-order valence-electron chi connectivity index (χ2n) is 6.11. The van der Waals surface area contributed by atoms with Crippen LogP contribution in [0.3, 0.4) is 0 Å². The van der Waals surface area contributed by atoms with Crippen molar-refractivity contribution in [3.05, 3.63) is 63.6 Å². The second kappa shape index (κ2) is 10.2. The number of Topliss-reactive ketones (excluding diaryl/α,β-unsaturated/α-hetero) is 1. The SMILES string of the molecule is Nc1ccccc1CC(=O)CCCCCNC(=O)c1ccc(Cl)c(Cl)c1. The van der Waals surface area contributed by atoms with Gasteiger partial charge in [-0.1, -0.05) is 47.8 Å². The van der Waals surface area contributed by atoms with Crippen molar-refractivity contribution in [3.63, 3.8) is 0 Å². The highest BCUT2D eigenvalue weighted by Gasteiger charge is 2.08. The Morgan fingerprint density at radius 3 is 2.46 bits per heavy atom. The van der Waals surface area contributed by atoms with Crippen LogP contribution in [0.4, 0.5) is 5.69 Å². The van der Waals surface area contributed by atoms with E-state index in [9.17, 15) is 9.59 Å². The maximum atomic E-state index is 12.0. The number of benzene rings is 2. The lowest BCUT2D eigenvalue weighted by Gasteiger charge is -2.07. The van der Waals surface area contributed by atoms with Gasteiger partial charge in [0.1, 0.15) is 5.78 Å². The first-order chi connectivity index (χ1) is 12.5. The second-order valence-corrected chi connectivity index (χ2v) is 6.92. The molecule has 2 aromatic rings. The van der Waals surface area contributed by atoms with Crippen molar-refractivity contribution in [2.75, 3.05) is 12.3 Å². The molecule has 2 rings (SSSR count). The molecule has 0 saturated heterocycles. The van der Waals surface area contributed by atoms with Gasteiger partial charge in [0.15, 0.2) is 0 Å². The summed E-state index contributed by atoms with van der Waals surface area (Å²) in [4.78, 5) is 24.0. The van der Waals surface area contributed by atoms with E-state index in [0.717, 1.165) is 24.8 Å². The van der Waals surface area contributed by atoms with E-state index in [0.29, 0.717) is 40.7 Å². The maximum Gasteiger partial charge on any atom is 0.251 e. The van der Waals surface area contributed by atoms with Gasteiger partial charge in [-0.15, -0.1) is 0 Å². The molecule has 0 saturated carbocycles. The summed E-state index contributed by atoms with van der Waals surface area (Å²) >= 11 is 11.7. The number of carbonyl (C=O) groups excluding carboxylic acids is 2. The summed E-state index contributed by atoms with van der Waals surface area (Å²) in [6.45, 7) is 0.554. The summed E-state index contributed by atoms with van der Waals surface area (Å²) in [5.41, 5.74) is 7.87. The number of halogens is 2. The zero-order valence-electron chi connectivity index (χ0n) is 14.4. The van der Waals surface area contributed by atoms with Gasteiger partial charge in [0.25, 0.3) is 5.91 Å². The first-order valence-corrected chi connectivity index (χ1v) is 9.31. The van der Waals surface area contributed by atoms with Gasteiger partial charge in [0.05, 0.1) is 10.0 Å². The number of hydrogen-bond donors (Lipinski definition) is 2. The molecule has 3 N–H and O–H groups in total. The van der Waals surface area contributed by atoms with Gasteiger partial charge in [-0.2, -0.15) is 0 Å². The standard InChI is InChI=1S/C20H22Cl2N2O2/c21-17-10-9-15(13-18(17)22)20(26)24-11-5-1-2-7-16(25)12-14-6-3-4-8-19(14)23/h3-4,6,8-10,13H,1-2,5,7,11-12,23H2,(H,24,26). The Kier molecular flexibility index (Phi) is 7.95. The van der Waals surface area contributed by atoms with Gasteiger partial charge in [0, 0.05) is 30.6 Å². The molecular weight excluding hydrogens is 371 g/mol. The molecule has 1 amide bonds. The monoisotopic (exact) mass is 392 g/mol. The molecule has 26 heavy (non-hydrogen) atoms. The van der Waals surface area contributed by atoms with Crippen LogP contribution >= 0.6 is 23.2 Å². The number of ketones is 1. The Bertz CT molecular complexity index is 778. The average Bonchev–Trinajstić information content (AvgIpc) is 2.62. The normalized spacial score (nSPS) is 10.5. The largest absolute Gasteiger partial charge is 0.398 e. The Morgan fingerprint density at radius 2 is 1.73 bits per heavy atom. The van der Waals surface area contributed by atoms with Crippen molar-refractivity contribution in [1.29, 1.82) is 0 Å². The van der Waals surface area contributed by atoms with Gasteiger partial charge >= 0.3 is 0 Å². The van der Waals surface area contributed by atoms with E-state index in [1.165, 1.54) is 0 Å². The van der Waals surface area contributed by atoms with E-state index in [1.807, 2.05) is 18.2 Å². The van der Waals surface area contributed by atoms with Crippen molar-refractivity contribution < 1.29 is 9.59 Å². The number of anilines is 1. The molecule has 0 bridgehead atoms. The summed E-state index contributed by atoms with van der Waals surface area (Å²) in [6.07, 6.45) is 3.38. The highest BCUT2D eigenvalue weighted by molar-refractivity contribution is 6.42. The van der Waals surface area contributed by atoms with Crippen LogP contribution in [0.25, 0.3) is 0 Å². The quantitative estimate of drug-likeness (QED) is 0.480. The van der Waals surface area contributed by atoms with E-state index in [2.05, 4.69) is 5.32 Å². The van der Waals surface area contributed by atoms with E-state index < -0.39 is 0 Å². The number of carbonyl (C=O) groups is 2. The molecule has 2 aromatic carbocycles. The van der Waals surface area contributed by atoms with Crippen LogP contribution in [0.2, 0.25) is 10.0 Å². The Labute approximate surface area is 163 Å². The lowest BCUT2D eigenvalue weighted by Crippen LogP contribution is -2.24. The molecule has 0 aliphatic carbocycles. The first-order valence-electron chi connectivity index (χ1n) is 8.55. The third kappa shape index (κ3) is 6.36. The van der Waals surface area contributed by atoms with Gasteiger partial charge < -0.3 is 11.1 Å². The first kappa shape index (κ1) is 20.3. The van der Waals surface area contributed by atoms with Gasteiger partial charge in [-0.25, -0.2) is 0 Å². The molecule has 138 valence electrons. The van der Waals surface area contributed by atoms with Crippen LogP contribution in [-0.4, -0.2) is 18.2 Å². The summed E-state index contributed by atoms with van der Waals surface area (Å²) in [7, 11) is 0. The van der Waals surface area contributed by atoms with E-state index >= 15 is 0 Å². The zero-order valence-corrected chi connectivity index (χ0v) is 15.9. The number of hydrogen-bond acceptors (Lipinski definition) is 3. The van der Waals surface area contributed by atoms with Crippen molar-refractivity contribution in [2.45, 2.75) is 32.1 Å². The van der Waals surface area contributed by atoms with Crippen LogP contribution in [0.1, 0.15) is 41.6 Å². The fourth-order valence-electron chi connectivity index (χ4n) is 2.56. The van der Waals surface area contributed by atoms with Crippen LogP contribution in [-0.2, 0) is 11.2 Å². The summed E-state index contributed by atoms with van der Waals surface area (Å²) in [6, 6.07) is 12.2. The minimum absolute atomic E-state index is 0.181. The van der Waals surface area contributed by atoms with Crippen molar-refractivity contribution in [3.8, 4) is 0 Å². The molecule has 0 radical (unpaired) electrons. The lowest BCUT2D eigenvalue weighted by molar-refractivity contribution is -0.118. The molecule has 0 aromatic heterocycles. The number of nitrogens with one attached hydrogen (secondary N) is 1. The molecule has 0 fully saturated rings. The molecule has 0 heterocycles. The van der Waals surface area contributed by atoms with Crippen molar-refractivity contribution in [2.24, 2.45) is 0 Å². The number of nitrogens with two attached hydrogens (primary N) is 1. The maximum absolute atomic E-state index is 12.0. The number of rotatable bonds is 9. The highest BCUT2D eigenvalue weighted by atomic mass is 35.5. The van der Waals surface area contributed by atoms with E-state index in [-0.39, 0.29) is 11.7 Å². The zero-order chi connectivity index (χ0) is 18.9. The Balaban J connectivity index is 1.61. The minimum atomic E-state index is -0.181. The Morgan fingerprint density at radius 1 is 0.962 bits per heavy atom. The number of unbranched alkanes of at least 4 members (excludes halogenated alkanes) is 2. The molecule has 0 unspecified atom stereocenters. The molecular formula is C20H22Cl2N2O2. The summed E-state index contributed by atoms with van der Waals surface area (Å²) < 4.78 is 0. The lowest BCUT2D eigenvalue weighted by atomic mass is 10.0. The van der Waals surface area contributed by atoms with Crippen LogP contribution in [0.5, 0.6) is 0 Å². The van der Waals surface area contributed by atoms with Crippen molar-refractivity contribution >= 4 is 40.6 Å². The molecule has 0 aliphatic rings. The molecule has 0 spiro atoms. The van der Waals surface area contributed by atoms with Crippen LogP contribution in [0.15, 0.2) is 42.5 Å². The summed E-state index contributed by atoms with van der Waals surface area (Å²) in [5, 5.41) is 3.62. The number of nitrogen functional groups attached to an aromatic ring is 1. The summed E-state index contributed by atoms with van der Waals surface area (Å²) in [5.74, 6) is 0.00179. The van der Waals surface area contributed by atoms with Crippen LogP contribution < -0.4 is 11.1 Å². The fraction of sp³-hybridized carbons (Fsp3) is 0.300. The van der Waals surface area contributed by atoms with Gasteiger partial charge in [-0.05, 0) is 42.7 Å². The predicted molar refractivity (Wildman–Crippen MR) is 107 cm³/mol. The van der Waals surface area contributed by atoms with E-state index in [1.54, 1.807) is 24.3 Å². The van der Waals surface area contributed by atoms with Crippen LogP contribution in [0, 0.1) is 0 Å². The molecule has 0 aliphatic heterocycles. The third-order valence-corrected chi connectivity index (χ3v) is 4.78. The van der Waals surface area contributed by atoms with Gasteiger partial charge in [0.2, 0.25) is 0 Å². The molecule has 6 heteroatoms. The topological polar surface area (TPSA) is 72.2 Å².